The number of carbonyl (C=O) groups is 2. The SMILES string of the molecule is CCOC(=O)N[C@H](Cc1ccccc1)C(=O)N/N=C\c1c(C)n(Cc2ccc(Cl)cc2)c2ccccc12. The van der Waals surface area contributed by atoms with Crippen LogP contribution in [0.4, 0.5) is 4.79 Å². The van der Waals surface area contributed by atoms with Crippen LogP contribution in [0.3, 0.4) is 0 Å². The normalized spacial score (nSPS) is 12.0. The summed E-state index contributed by atoms with van der Waals surface area (Å²) in [5, 5.41) is 8.61. The molecule has 0 aliphatic heterocycles. The van der Waals surface area contributed by atoms with Gasteiger partial charge < -0.3 is 14.6 Å². The lowest BCUT2D eigenvalue weighted by Gasteiger charge is -2.16. The van der Waals surface area contributed by atoms with E-state index in [1.54, 1.807) is 13.1 Å². The minimum absolute atomic E-state index is 0.211. The third-order valence-electron chi connectivity index (χ3n) is 6.07. The van der Waals surface area contributed by atoms with Gasteiger partial charge in [-0.2, -0.15) is 5.10 Å². The first kappa shape index (κ1) is 26.0. The van der Waals surface area contributed by atoms with E-state index in [-0.39, 0.29) is 6.61 Å². The Hall–Kier alpha value is -4.10. The van der Waals surface area contributed by atoms with Crippen LogP contribution in [0.5, 0.6) is 0 Å². The minimum Gasteiger partial charge on any atom is -0.450 e. The van der Waals surface area contributed by atoms with Crippen molar-refractivity contribution in [3.63, 3.8) is 0 Å². The molecule has 0 radical (unpaired) electrons. The fourth-order valence-electron chi connectivity index (χ4n) is 4.21. The van der Waals surface area contributed by atoms with E-state index in [0.717, 1.165) is 33.3 Å². The van der Waals surface area contributed by atoms with Crippen LogP contribution >= 0.6 is 11.6 Å². The Morgan fingerprint density at radius 3 is 2.43 bits per heavy atom. The lowest BCUT2D eigenvalue weighted by Crippen LogP contribution is -2.47. The number of alkyl carbamates (subject to hydrolysis) is 1. The van der Waals surface area contributed by atoms with E-state index in [1.807, 2.05) is 79.7 Å². The van der Waals surface area contributed by atoms with Gasteiger partial charge in [0.05, 0.1) is 12.8 Å². The summed E-state index contributed by atoms with van der Waals surface area (Å²) in [6.45, 7) is 4.62. The van der Waals surface area contributed by atoms with Crippen LogP contribution in [0.15, 0.2) is 84.0 Å². The first-order valence-electron chi connectivity index (χ1n) is 12.1. The number of rotatable bonds is 9. The minimum atomic E-state index is -0.842. The molecule has 2 amide bonds. The largest absolute Gasteiger partial charge is 0.450 e. The molecule has 1 aromatic heterocycles. The number of hydrogen-bond donors (Lipinski definition) is 2. The van der Waals surface area contributed by atoms with E-state index in [2.05, 4.69) is 26.5 Å². The van der Waals surface area contributed by atoms with Crippen LogP contribution < -0.4 is 10.7 Å². The predicted molar refractivity (Wildman–Crippen MR) is 147 cm³/mol. The molecule has 2 N–H and O–H groups in total. The summed E-state index contributed by atoms with van der Waals surface area (Å²) < 4.78 is 7.19. The summed E-state index contributed by atoms with van der Waals surface area (Å²) in [6, 6.07) is 24.5. The zero-order valence-electron chi connectivity index (χ0n) is 20.8. The first-order valence-corrected chi connectivity index (χ1v) is 12.5. The molecular formula is C29H29ClN4O3. The third-order valence-corrected chi connectivity index (χ3v) is 6.32. The van der Waals surface area contributed by atoms with E-state index >= 15 is 0 Å². The first-order chi connectivity index (χ1) is 18.0. The maximum Gasteiger partial charge on any atom is 0.407 e. The molecule has 0 aliphatic rings. The van der Waals surface area contributed by atoms with Crippen molar-refractivity contribution in [2.75, 3.05) is 6.61 Å². The van der Waals surface area contributed by atoms with Gasteiger partial charge in [-0.1, -0.05) is 72.3 Å². The maximum atomic E-state index is 13.0. The molecule has 1 heterocycles. The smallest absolute Gasteiger partial charge is 0.407 e. The van der Waals surface area contributed by atoms with Crippen molar-refractivity contribution in [3.05, 3.63) is 106 Å². The Kier molecular flexibility index (Phi) is 8.59. The molecule has 0 spiro atoms. The standard InChI is InChI=1S/C29H29ClN4O3/c1-3-37-29(36)32-26(17-21-9-5-4-6-10-21)28(35)33-31-18-25-20(2)34(27-12-8-7-11-24(25)27)19-22-13-15-23(30)16-14-22/h4-16,18,26H,3,17,19H2,1-2H3,(H,32,36)(H,33,35)/b31-18-/t26-/m1/s1. The fraction of sp³-hybridized carbons (Fsp3) is 0.207. The van der Waals surface area contributed by atoms with Crippen LogP contribution in [0.2, 0.25) is 5.02 Å². The molecule has 0 saturated carbocycles. The van der Waals surface area contributed by atoms with Gasteiger partial charge in [-0.3, -0.25) is 4.79 Å². The van der Waals surface area contributed by atoms with Crippen molar-refractivity contribution in [2.24, 2.45) is 5.10 Å². The summed E-state index contributed by atoms with van der Waals surface area (Å²) in [6.07, 6.45) is 1.31. The average molecular weight is 517 g/mol. The summed E-state index contributed by atoms with van der Waals surface area (Å²) in [7, 11) is 0. The zero-order chi connectivity index (χ0) is 26.2. The van der Waals surface area contributed by atoms with Crippen LogP contribution in [0.25, 0.3) is 10.9 Å². The summed E-state index contributed by atoms with van der Waals surface area (Å²) >= 11 is 6.05. The molecule has 190 valence electrons. The van der Waals surface area contributed by atoms with Crippen molar-refractivity contribution in [2.45, 2.75) is 32.9 Å². The molecule has 0 saturated heterocycles. The molecule has 0 aliphatic carbocycles. The van der Waals surface area contributed by atoms with Crippen LogP contribution in [-0.4, -0.2) is 35.4 Å². The van der Waals surface area contributed by atoms with Crippen molar-refractivity contribution in [3.8, 4) is 0 Å². The van der Waals surface area contributed by atoms with Gasteiger partial charge in [0.2, 0.25) is 0 Å². The quantitative estimate of drug-likeness (QED) is 0.229. The van der Waals surface area contributed by atoms with E-state index < -0.39 is 18.0 Å². The molecule has 4 aromatic rings. The van der Waals surface area contributed by atoms with Crippen LogP contribution in [0.1, 0.15) is 29.3 Å². The lowest BCUT2D eigenvalue weighted by molar-refractivity contribution is -0.123. The molecule has 3 aromatic carbocycles. The molecular weight excluding hydrogens is 488 g/mol. The molecule has 8 heteroatoms. The third kappa shape index (κ3) is 6.57. The van der Waals surface area contributed by atoms with Crippen LogP contribution in [0, 0.1) is 6.92 Å². The summed E-state index contributed by atoms with van der Waals surface area (Å²) in [5.74, 6) is -0.435. The van der Waals surface area contributed by atoms with E-state index in [1.165, 1.54) is 0 Å². The highest BCUT2D eigenvalue weighted by atomic mass is 35.5. The van der Waals surface area contributed by atoms with Gasteiger partial charge in [0, 0.05) is 40.1 Å². The number of ether oxygens (including phenoxy) is 1. The summed E-state index contributed by atoms with van der Waals surface area (Å²) in [4.78, 5) is 25.0. The molecule has 1 atom stereocenters. The molecule has 0 unspecified atom stereocenters. The van der Waals surface area contributed by atoms with E-state index in [9.17, 15) is 9.59 Å². The fourth-order valence-corrected chi connectivity index (χ4v) is 4.34. The number of amides is 2. The van der Waals surface area contributed by atoms with Gasteiger partial charge in [-0.25, -0.2) is 10.2 Å². The lowest BCUT2D eigenvalue weighted by atomic mass is 10.1. The molecule has 37 heavy (non-hydrogen) atoms. The van der Waals surface area contributed by atoms with Gasteiger partial charge in [0.15, 0.2) is 0 Å². The second kappa shape index (κ2) is 12.2. The molecule has 0 bridgehead atoms. The van der Waals surface area contributed by atoms with Gasteiger partial charge in [0.25, 0.3) is 5.91 Å². The number of carbonyl (C=O) groups excluding carboxylic acids is 2. The van der Waals surface area contributed by atoms with E-state index in [0.29, 0.717) is 18.0 Å². The Bertz CT molecular complexity index is 1400. The Morgan fingerprint density at radius 2 is 1.70 bits per heavy atom. The molecule has 0 fully saturated rings. The van der Waals surface area contributed by atoms with Crippen molar-refractivity contribution in [1.82, 2.24) is 15.3 Å². The van der Waals surface area contributed by atoms with Crippen molar-refractivity contribution >= 4 is 40.7 Å². The van der Waals surface area contributed by atoms with Gasteiger partial charge >= 0.3 is 6.09 Å². The highest BCUT2D eigenvalue weighted by molar-refractivity contribution is 6.30. The highest BCUT2D eigenvalue weighted by Gasteiger charge is 2.22. The topological polar surface area (TPSA) is 84.7 Å². The number of nitrogens with zero attached hydrogens (tertiary/aromatic N) is 2. The number of hydrazone groups is 1. The number of halogens is 1. The van der Waals surface area contributed by atoms with Crippen LogP contribution in [-0.2, 0) is 22.5 Å². The number of para-hydroxylation sites is 1. The summed E-state index contributed by atoms with van der Waals surface area (Å²) in [5.41, 5.74) is 7.61. The second-order valence-electron chi connectivity index (χ2n) is 8.57. The average Bonchev–Trinajstić information content (AvgIpc) is 3.16. The highest BCUT2D eigenvalue weighted by Crippen LogP contribution is 2.26. The number of aromatic nitrogens is 1. The maximum absolute atomic E-state index is 13.0. The Morgan fingerprint density at radius 1 is 1.00 bits per heavy atom. The zero-order valence-corrected chi connectivity index (χ0v) is 21.5. The van der Waals surface area contributed by atoms with Gasteiger partial charge in [-0.05, 0) is 43.2 Å². The number of nitrogens with one attached hydrogen (secondary N) is 2. The van der Waals surface area contributed by atoms with Crippen molar-refractivity contribution < 1.29 is 14.3 Å². The second-order valence-corrected chi connectivity index (χ2v) is 9.01. The number of fused-ring (bicyclic) bond motifs is 1. The van der Waals surface area contributed by atoms with Gasteiger partial charge in [0.1, 0.15) is 6.04 Å². The van der Waals surface area contributed by atoms with Gasteiger partial charge in [-0.15, -0.1) is 0 Å². The Labute approximate surface area is 221 Å². The Balaban J connectivity index is 1.54. The molecule has 4 rings (SSSR count). The monoisotopic (exact) mass is 516 g/mol. The van der Waals surface area contributed by atoms with Crippen molar-refractivity contribution in [1.29, 1.82) is 0 Å². The van der Waals surface area contributed by atoms with E-state index in [4.69, 9.17) is 16.3 Å². The predicted octanol–water partition coefficient (Wildman–Crippen LogP) is 5.46. The number of hydrogen-bond acceptors (Lipinski definition) is 4. The number of benzene rings is 3. The molecule has 7 nitrogen and oxygen atoms in total.